The van der Waals surface area contributed by atoms with Crippen LogP contribution in [0.2, 0.25) is 0 Å². The molecule has 1 saturated heterocycles. The number of carbonyl (C=O) groups excluding carboxylic acids is 1. The highest BCUT2D eigenvalue weighted by Gasteiger charge is 2.30. The first-order chi connectivity index (χ1) is 15.0. The van der Waals surface area contributed by atoms with E-state index in [1.165, 1.54) is 11.8 Å². The molecule has 0 aromatic heterocycles. The van der Waals surface area contributed by atoms with Crippen LogP contribution in [0.1, 0.15) is 26.3 Å². The van der Waals surface area contributed by atoms with E-state index >= 15 is 0 Å². The van der Waals surface area contributed by atoms with Crippen LogP contribution in [0, 0.1) is 0 Å². The zero-order valence-corrected chi connectivity index (χ0v) is 19.5. The predicted octanol–water partition coefficient (Wildman–Crippen LogP) is 5.17. The topological polar surface area (TPSA) is 54.4 Å². The predicted molar refractivity (Wildman–Crippen MR) is 130 cm³/mol. The lowest BCUT2D eigenvalue weighted by molar-refractivity contribution is -0.121. The molecule has 1 aliphatic rings. The van der Waals surface area contributed by atoms with E-state index in [-0.39, 0.29) is 5.91 Å². The van der Waals surface area contributed by atoms with Crippen molar-refractivity contribution >= 4 is 40.3 Å². The number of amidine groups is 1. The minimum atomic E-state index is -0.0764. The first kappa shape index (κ1) is 22.7. The number of rotatable bonds is 8. The zero-order chi connectivity index (χ0) is 22.4. The monoisotopic (exact) mass is 439 g/mol. The van der Waals surface area contributed by atoms with Crippen LogP contribution in [-0.2, 0) is 4.79 Å². The normalized spacial score (nSPS) is 16.3. The third kappa shape index (κ3) is 5.22. The van der Waals surface area contributed by atoms with Crippen LogP contribution in [0.3, 0.4) is 0 Å². The van der Waals surface area contributed by atoms with Gasteiger partial charge in [-0.2, -0.15) is 0 Å². The fraction of sp³-hybridized carbons (Fsp3) is 0.333. The lowest BCUT2D eigenvalue weighted by atomic mass is 10.1. The number of anilines is 1. The summed E-state index contributed by atoms with van der Waals surface area (Å²) in [6.45, 7) is 8.63. The molecule has 0 bridgehead atoms. The number of aliphatic imine (C=N–C) groups is 1. The standard InChI is InChI=1S/C24H29N3O3S/c1-6-27(7-2)19-12-9-17(21(16-19)30-8-3)15-22-23(28)26(4)24(31-22)25-18-10-13-20(29-5)14-11-18/h9-16H,6-8H2,1-5H3. The van der Waals surface area contributed by atoms with Gasteiger partial charge in [0.1, 0.15) is 11.5 Å². The van der Waals surface area contributed by atoms with Crippen LogP contribution >= 0.6 is 11.8 Å². The van der Waals surface area contributed by atoms with Gasteiger partial charge < -0.3 is 14.4 Å². The Balaban J connectivity index is 1.90. The van der Waals surface area contributed by atoms with E-state index in [0.717, 1.165) is 41.5 Å². The van der Waals surface area contributed by atoms with E-state index in [1.807, 2.05) is 49.4 Å². The maximum absolute atomic E-state index is 12.8. The molecule has 0 saturated carbocycles. The quantitative estimate of drug-likeness (QED) is 0.531. The van der Waals surface area contributed by atoms with Crippen LogP contribution in [0.5, 0.6) is 11.5 Å². The molecule has 0 atom stereocenters. The minimum Gasteiger partial charge on any atom is -0.497 e. The Morgan fingerprint density at radius 1 is 1.10 bits per heavy atom. The van der Waals surface area contributed by atoms with E-state index in [2.05, 4.69) is 29.8 Å². The van der Waals surface area contributed by atoms with Gasteiger partial charge in [0.25, 0.3) is 5.91 Å². The van der Waals surface area contributed by atoms with E-state index in [4.69, 9.17) is 9.47 Å². The number of amides is 1. The van der Waals surface area contributed by atoms with E-state index in [1.54, 1.807) is 19.1 Å². The highest BCUT2D eigenvalue weighted by Crippen LogP contribution is 2.36. The molecule has 31 heavy (non-hydrogen) atoms. The maximum Gasteiger partial charge on any atom is 0.266 e. The van der Waals surface area contributed by atoms with Gasteiger partial charge in [0.2, 0.25) is 0 Å². The number of hydrogen-bond acceptors (Lipinski definition) is 6. The van der Waals surface area contributed by atoms with Crippen molar-refractivity contribution in [2.24, 2.45) is 4.99 Å². The molecule has 0 unspecified atom stereocenters. The Kier molecular flexibility index (Phi) is 7.63. The number of thioether (sulfide) groups is 1. The van der Waals surface area contributed by atoms with Gasteiger partial charge in [-0.25, -0.2) is 4.99 Å². The molecule has 0 radical (unpaired) electrons. The van der Waals surface area contributed by atoms with Gasteiger partial charge in [0.15, 0.2) is 5.17 Å². The highest BCUT2D eigenvalue weighted by molar-refractivity contribution is 8.18. The summed E-state index contributed by atoms with van der Waals surface area (Å²) in [7, 11) is 3.37. The van der Waals surface area contributed by atoms with E-state index in [0.29, 0.717) is 16.7 Å². The average molecular weight is 440 g/mol. The fourth-order valence-electron chi connectivity index (χ4n) is 3.27. The lowest BCUT2D eigenvalue weighted by Gasteiger charge is -2.22. The SMILES string of the molecule is CCOc1cc(N(CC)CC)ccc1C=C1SC(=Nc2ccc(OC)cc2)N(C)C1=O. The molecule has 164 valence electrons. The second-order valence-electron chi connectivity index (χ2n) is 6.89. The number of carbonyl (C=O) groups is 1. The van der Waals surface area contributed by atoms with Crippen molar-refractivity contribution in [2.45, 2.75) is 20.8 Å². The Bertz CT molecular complexity index is 982. The summed E-state index contributed by atoms with van der Waals surface area (Å²) in [6, 6.07) is 13.6. The van der Waals surface area contributed by atoms with Crippen molar-refractivity contribution in [3.63, 3.8) is 0 Å². The summed E-state index contributed by atoms with van der Waals surface area (Å²) in [5, 5.41) is 0.638. The molecular formula is C24H29N3O3S. The molecule has 0 spiro atoms. The number of likely N-dealkylation sites (N-methyl/N-ethyl adjacent to an activating group) is 1. The Hall–Kier alpha value is -2.93. The van der Waals surface area contributed by atoms with Gasteiger partial charge in [-0.05, 0) is 75.0 Å². The van der Waals surface area contributed by atoms with Crippen LogP contribution in [-0.4, -0.2) is 49.8 Å². The van der Waals surface area contributed by atoms with Crippen LogP contribution in [0.25, 0.3) is 6.08 Å². The molecule has 1 aliphatic heterocycles. The van der Waals surface area contributed by atoms with Crippen molar-refractivity contribution in [1.29, 1.82) is 0 Å². The van der Waals surface area contributed by atoms with Crippen molar-refractivity contribution < 1.29 is 14.3 Å². The maximum atomic E-state index is 12.8. The van der Waals surface area contributed by atoms with Crippen molar-refractivity contribution in [3.05, 3.63) is 52.9 Å². The molecule has 1 amide bonds. The van der Waals surface area contributed by atoms with Gasteiger partial charge in [-0.3, -0.25) is 9.69 Å². The smallest absolute Gasteiger partial charge is 0.266 e. The molecule has 0 N–H and O–H groups in total. The first-order valence-corrected chi connectivity index (χ1v) is 11.2. The van der Waals surface area contributed by atoms with E-state index in [9.17, 15) is 4.79 Å². The largest absolute Gasteiger partial charge is 0.497 e. The molecule has 3 rings (SSSR count). The summed E-state index contributed by atoms with van der Waals surface area (Å²) < 4.78 is 11.1. The van der Waals surface area contributed by atoms with Crippen LogP contribution in [0.4, 0.5) is 11.4 Å². The van der Waals surface area contributed by atoms with Crippen molar-refractivity contribution in [3.8, 4) is 11.5 Å². The molecule has 0 aliphatic carbocycles. The van der Waals surface area contributed by atoms with Gasteiger partial charge >= 0.3 is 0 Å². The minimum absolute atomic E-state index is 0.0764. The number of ether oxygens (including phenoxy) is 2. The molecule has 7 heteroatoms. The fourth-order valence-corrected chi connectivity index (χ4v) is 4.25. The molecule has 1 heterocycles. The van der Waals surface area contributed by atoms with Crippen molar-refractivity contribution in [1.82, 2.24) is 4.90 Å². The summed E-state index contributed by atoms with van der Waals surface area (Å²) in [5.41, 5.74) is 2.76. The Morgan fingerprint density at radius 2 is 1.81 bits per heavy atom. The number of hydrogen-bond donors (Lipinski definition) is 0. The summed E-state index contributed by atoms with van der Waals surface area (Å²) in [6.07, 6.45) is 1.89. The summed E-state index contributed by atoms with van der Waals surface area (Å²) in [5.74, 6) is 1.47. The molecule has 1 fully saturated rings. The van der Waals surface area contributed by atoms with Crippen LogP contribution in [0.15, 0.2) is 52.4 Å². The third-order valence-electron chi connectivity index (χ3n) is 5.01. The molecular weight excluding hydrogens is 410 g/mol. The molecule has 2 aromatic rings. The first-order valence-electron chi connectivity index (χ1n) is 10.4. The van der Waals surface area contributed by atoms with Gasteiger partial charge in [0, 0.05) is 37.5 Å². The van der Waals surface area contributed by atoms with Crippen LogP contribution < -0.4 is 14.4 Å². The average Bonchev–Trinajstić information content (AvgIpc) is 3.04. The Labute approximate surface area is 188 Å². The second kappa shape index (κ2) is 10.4. The van der Waals surface area contributed by atoms with Gasteiger partial charge in [0.05, 0.1) is 24.3 Å². The molecule has 6 nitrogen and oxygen atoms in total. The Morgan fingerprint density at radius 3 is 2.42 bits per heavy atom. The summed E-state index contributed by atoms with van der Waals surface area (Å²) in [4.78, 5) is 21.9. The molecule has 2 aromatic carbocycles. The zero-order valence-electron chi connectivity index (χ0n) is 18.7. The van der Waals surface area contributed by atoms with Gasteiger partial charge in [-0.1, -0.05) is 0 Å². The highest BCUT2D eigenvalue weighted by atomic mass is 32.2. The summed E-state index contributed by atoms with van der Waals surface area (Å²) >= 11 is 1.36. The van der Waals surface area contributed by atoms with Crippen molar-refractivity contribution in [2.75, 3.05) is 38.8 Å². The number of methoxy groups -OCH3 is 1. The lowest BCUT2D eigenvalue weighted by Crippen LogP contribution is -2.23. The van der Waals surface area contributed by atoms with Gasteiger partial charge in [-0.15, -0.1) is 0 Å². The number of nitrogens with zero attached hydrogens (tertiary/aromatic N) is 3. The third-order valence-corrected chi connectivity index (χ3v) is 6.07. The van der Waals surface area contributed by atoms with E-state index < -0.39 is 0 Å². The number of benzene rings is 2. The second-order valence-corrected chi connectivity index (χ2v) is 7.90.